The molecule has 0 spiro atoms. The van der Waals surface area contributed by atoms with Gasteiger partial charge in [-0.25, -0.2) is 0 Å². The van der Waals surface area contributed by atoms with E-state index in [9.17, 15) is 18.0 Å². The number of nitrogens with two attached hydrogens (primary N) is 1. The Morgan fingerprint density at radius 1 is 1.44 bits per heavy atom. The molecule has 1 amide bonds. The molecule has 3 nitrogen and oxygen atoms in total. The quantitative estimate of drug-likeness (QED) is 0.772. The molecular weight excluding hydrogens is 245 g/mol. The summed E-state index contributed by atoms with van der Waals surface area (Å²) in [6.07, 6.45) is -0.777. The largest absolute Gasteiger partial charge is 0.412 e. The van der Waals surface area contributed by atoms with Crippen LogP contribution in [-0.4, -0.2) is 36.6 Å². The van der Waals surface area contributed by atoms with Crippen molar-refractivity contribution in [2.45, 2.75) is 31.9 Å². The second-order valence-corrected chi connectivity index (χ2v) is 5.07. The van der Waals surface area contributed by atoms with Crippen LogP contribution in [0.5, 0.6) is 0 Å². The molecule has 2 aliphatic rings. The normalized spacial score (nSPS) is 23.3. The molecular formula is C12H17F3N2O. The summed E-state index contributed by atoms with van der Waals surface area (Å²) in [6.45, 7) is 0.486. The van der Waals surface area contributed by atoms with E-state index < -0.39 is 17.2 Å². The Kier molecular flexibility index (Phi) is 3.40. The van der Waals surface area contributed by atoms with E-state index in [1.54, 1.807) is 0 Å². The maximum atomic E-state index is 12.5. The molecule has 18 heavy (non-hydrogen) atoms. The highest BCUT2D eigenvalue weighted by Gasteiger charge is 2.46. The molecule has 0 saturated heterocycles. The van der Waals surface area contributed by atoms with E-state index in [4.69, 9.17) is 5.73 Å². The fraction of sp³-hybridized carbons (Fsp3) is 0.750. The second kappa shape index (κ2) is 4.57. The number of halogens is 3. The molecule has 0 bridgehead atoms. The van der Waals surface area contributed by atoms with E-state index in [1.165, 1.54) is 4.90 Å². The van der Waals surface area contributed by atoms with Crippen LogP contribution in [0, 0.1) is 5.41 Å². The molecule has 0 aromatic rings. The molecule has 2 N–H and O–H groups in total. The average Bonchev–Trinajstić information content (AvgIpc) is 2.27. The van der Waals surface area contributed by atoms with E-state index in [-0.39, 0.29) is 32.0 Å². The third kappa shape index (κ3) is 2.25. The van der Waals surface area contributed by atoms with Gasteiger partial charge in [0, 0.05) is 25.2 Å². The lowest BCUT2D eigenvalue weighted by Gasteiger charge is -2.43. The number of hydrogen-bond donors (Lipinski definition) is 1. The number of hydrogen-bond acceptors (Lipinski definition) is 2. The third-order valence-corrected chi connectivity index (χ3v) is 4.02. The highest BCUT2D eigenvalue weighted by atomic mass is 19.4. The molecule has 102 valence electrons. The van der Waals surface area contributed by atoms with Crippen molar-refractivity contribution in [2.75, 3.05) is 19.6 Å². The number of nitrogens with zero attached hydrogens (tertiary/aromatic N) is 1. The Balaban J connectivity index is 2.02. The standard InChI is InChI=1S/C12H17F3N2O/c13-12(14,15)9-2-6-17(7-3-9)10(18)11(8-16)4-1-5-11/h2H,1,3-8,16H2. The van der Waals surface area contributed by atoms with E-state index in [2.05, 4.69) is 0 Å². The smallest absolute Gasteiger partial charge is 0.338 e. The summed E-state index contributed by atoms with van der Waals surface area (Å²) in [6, 6.07) is 0. The van der Waals surface area contributed by atoms with Gasteiger partial charge in [0.05, 0.1) is 5.41 Å². The predicted molar refractivity (Wildman–Crippen MR) is 60.7 cm³/mol. The first-order chi connectivity index (χ1) is 8.39. The van der Waals surface area contributed by atoms with Gasteiger partial charge >= 0.3 is 6.18 Å². The van der Waals surface area contributed by atoms with Gasteiger partial charge in [-0.05, 0) is 19.3 Å². The Morgan fingerprint density at radius 3 is 2.44 bits per heavy atom. The molecule has 0 radical (unpaired) electrons. The van der Waals surface area contributed by atoms with Crippen LogP contribution in [0.1, 0.15) is 25.7 Å². The second-order valence-electron chi connectivity index (χ2n) is 5.07. The van der Waals surface area contributed by atoms with Crippen LogP contribution in [0.3, 0.4) is 0 Å². The summed E-state index contributed by atoms with van der Waals surface area (Å²) < 4.78 is 37.4. The Morgan fingerprint density at radius 2 is 2.11 bits per heavy atom. The SMILES string of the molecule is NCC1(C(=O)N2CC=C(C(F)(F)F)CC2)CCC1. The molecule has 2 rings (SSSR count). The molecule has 1 aliphatic carbocycles. The van der Waals surface area contributed by atoms with Crippen LogP contribution in [0.25, 0.3) is 0 Å². The maximum absolute atomic E-state index is 12.5. The van der Waals surface area contributed by atoms with Crippen LogP contribution in [0.4, 0.5) is 13.2 Å². The number of rotatable bonds is 2. The Bertz CT molecular complexity index is 366. The summed E-state index contributed by atoms with van der Waals surface area (Å²) in [5.74, 6) is -0.0753. The first-order valence-corrected chi connectivity index (χ1v) is 6.15. The van der Waals surface area contributed by atoms with E-state index >= 15 is 0 Å². The van der Waals surface area contributed by atoms with Gasteiger partial charge in [0.15, 0.2) is 0 Å². The van der Waals surface area contributed by atoms with Gasteiger partial charge in [-0.2, -0.15) is 13.2 Å². The Hall–Kier alpha value is -1.04. The number of carbonyl (C=O) groups excluding carboxylic acids is 1. The summed E-state index contributed by atoms with van der Waals surface area (Å²) in [7, 11) is 0. The van der Waals surface area contributed by atoms with Crippen LogP contribution < -0.4 is 5.73 Å². The van der Waals surface area contributed by atoms with Crippen molar-refractivity contribution in [3.05, 3.63) is 11.6 Å². The minimum atomic E-state index is -4.27. The van der Waals surface area contributed by atoms with Gasteiger partial charge in [-0.1, -0.05) is 12.5 Å². The van der Waals surface area contributed by atoms with Gasteiger partial charge in [-0.3, -0.25) is 4.79 Å². The van der Waals surface area contributed by atoms with Crippen molar-refractivity contribution < 1.29 is 18.0 Å². The van der Waals surface area contributed by atoms with Crippen molar-refractivity contribution >= 4 is 5.91 Å². The minimum absolute atomic E-state index is 0.0510. The summed E-state index contributed by atoms with van der Waals surface area (Å²) in [4.78, 5) is 13.7. The summed E-state index contributed by atoms with van der Waals surface area (Å²) in [5, 5.41) is 0. The van der Waals surface area contributed by atoms with Gasteiger partial charge < -0.3 is 10.6 Å². The molecule has 0 aromatic carbocycles. The third-order valence-electron chi connectivity index (χ3n) is 4.02. The zero-order valence-corrected chi connectivity index (χ0v) is 10.1. The molecule has 0 aromatic heterocycles. The van der Waals surface area contributed by atoms with Crippen molar-refractivity contribution in [1.29, 1.82) is 0 Å². The molecule has 1 aliphatic heterocycles. The van der Waals surface area contributed by atoms with Gasteiger partial charge in [0.2, 0.25) is 5.91 Å². The van der Waals surface area contributed by atoms with E-state index in [0.717, 1.165) is 25.3 Å². The fourth-order valence-corrected chi connectivity index (χ4v) is 2.56. The van der Waals surface area contributed by atoms with E-state index in [1.807, 2.05) is 0 Å². The van der Waals surface area contributed by atoms with Crippen molar-refractivity contribution in [1.82, 2.24) is 4.90 Å². The zero-order chi connectivity index (χ0) is 13.4. The number of amides is 1. The summed E-state index contributed by atoms with van der Waals surface area (Å²) in [5.41, 5.74) is 4.61. The molecule has 6 heteroatoms. The fourth-order valence-electron chi connectivity index (χ4n) is 2.56. The summed E-state index contributed by atoms with van der Waals surface area (Å²) >= 11 is 0. The number of alkyl halides is 3. The lowest BCUT2D eigenvalue weighted by atomic mass is 9.67. The van der Waals surface area contributed by atoms with Crippen molar-refractivity contribution in [3.8, 4) is 0 Å². The molecule has 0 unspecified atom stereocenters. The van der Waals surface area contributed by atoms with E-state index in [0.29, 0.717) is 0 Å². The average molecular weight is 262 g/mol. The van der Waals surface area contributed by atoms with Gasteiger partial charge in [0.25, 0.3) is 0 Å². The first kappa shape index (κ1) is 13.4. The lowest BCUT2D eigenvalue weighted by molar-refractivity contribution is -0.147. The van der Waals surface area contributed by atoms with Crippen LogP contribution >= 0.6 is 0 Å². The maximum Gasteiger partial charge on any atom is 0.412 e. The molecule has 1 saturated carbocycles. The number of carbonyl (C=O) groups is 1. The van der Waals surface area contributed by atoms with Gasteiger partial charge in [0.1, 0.15) is 0 Å². The monoisotopic (exact) mass is 262 g/mol. The Labute approximate surface area is 104 Å². The minimum Gasteiger partial charge on any atom is -0.338 e. The van der Waals surface area contributed by atoms with Crippen LogP contribution in [0.15, 0.2) is 11.6 Å². The molecule has 1 fully saturated rings. The first-order valence-electron chi connectivity index (χ1n) is 6.15. The highest BCUT2D eigenvalue weighted by molar-refractivity contribution is 5.84. The molecule has 1 heterocycles. The lowest BCUT2D eigenvalue weighted by Crippen LogP contribution is -2.53. The highest BCUT2D eigenvalue weighted by Crippen LogP contribution is 2.42. The van der Waals surface area contributed by atoms with Crippen molar-refractivity contribution in [2.24, 2.45) is 11.1 Å². The molecule has 0 atom stereocenters. The van der Waals surface area contributed by atoms with Crippen molar-refractivity contribution in [3.63, 3.8) is 0 Å². The van der Waals surface area contributed by atoms with Gasteiger partial charge in [-0.15, -0.1) is 0 Å². The topological polar surface area (TPSA) is 46.3 Å². The zero-order valence-electron chi connectivity index (χ0n) is 10.1. The van der Waals surface area contributed by atoms with Crippen LogP contribution in [-0.2, 0) is 4.79 Å². The predicted octanol–water partition coefficient (Wildman–Crippen LogP) is 1.84. The van der Waals surface area contributed by atoms with Crippen LogP contribution in [0.2, 0.25) is 0 Å².